The smallest absolute Gasteiger partial charge is 0.231 e. The number of hydrogen-bond donors (Lipinski definition) is 0. The molecule has 0 bridgehead atoms. The van der Waals surface area contributed by atoms with E-state index in [0.717, 1.165) is 23.9 Å². The molecule has 0 aromatic heterocycles. The van der Waals surface area contributed by atoms with Crippen molar-refractivity contribution >= 4 is 0 Å². The van der Waals surface area contributed by atoms with Crippen LogP contribution in [0.3, 0.4) is 0 Å². The van der Waals surface area contributed by atoms with Gasteiger partial charge in [0.05, 0.1) is 6.61 Å². The molecule has 1 saturated heterocycles. The number of likely N-dealkylation sites (tertiary alicyclic amines) is 1. The van der Waals surface area contributed by atoms with Crippen LogP contribution in [0, 0.1) is 5.92 Å². The fraction of sp³-hybridized carbons (Fsp3) is 0.647. The van der Waals surface area contributed by atoms with E-state index in [4.69, 9.17) is 14.2 Å². The first-order valence-electron chi connectivity index (χ1n) is 8.10. The Morgan fingerprint density at radius 2 is 2.14 bits per heavy atom. The maximum atomic E-state index is 5.93. The predicted octanol–water partition coefficient (Wildman–Crippen LogP) is 3.31. The van der Waals surface area contributed by atoms with E-state index >= 15 is 0 Å². The maximum absolute atomic E-state index is 5.93. The molecule has 4 heteroatoms. The summed E-state index contributed by atoms with van der Waals surface area (Å²) < 4.78 is 16.6. The first-order chi connectivity index (χ1) is 10.3. The molecule has 1 fully saturated rings. The molecule has 0 aliphatic carbocycles. The summed E-state index contributed by atoms with van der Waals surface area (Å²) in [4.78, 5) is 2.57. The van der Waals surface area contributed by atoms with Gasteiger partial charge in [0.25, 0.3) is 0 Å². The molecule has 116 valence electrons. The van der Waals surface area contributed by atoms with E-state index in [2.05, 4.69) is 11.8 Å². The van der Waals surface area contributed by atoms with Crippen LogP contribution in [-0.4, -0.2) is 37.9 Å². The molecule has 1 aromatic rings. The number of benzene rings is 1. The second kappa shape index (κ2) is 7.03. The predicted molar refractivity (Wildman–Crippen MR) is 82.1 cm³/mol. The number of unbranched alkanes of at least 4 members (excludes halogenated alkanes) is 2. The van der Waals surface area contributed by atoms with Crippen molar-refractivity contribution in [3.63, 3.8) is 0 Å². The third-order valence-corrected chi connectivity index (χ3v) is 4.28. The van der Waals surface area contributed by atoms with Gasteiger partial charge in [-0.25, -0.2) is 0 Å². The van der Waals surface area contributed by atoms with Gasteiger partial charge in [0, 0.05) is 18.5 Å². The molecular formula is C17H25NO3. The zero-order valence-corrected chi connectivity index (χ0v) is 12.8. The van der Waals surface area contributed by atoms with Crippen LogP contribution < -0.4 is 14.2 Å². The van der Waals surface area contributed by atoms with E-state index < -0.39 is 0 Å². The summed E-state index contributed by atoms with van der Waals surface area (Å²) in [7, 11) is 0. The molecule has 0 N–H and O–H groups in total. The molecule has 0 radical (unpaired) electrons. The average molecular weight is 291 g/mol. The van der Waals surface area contributed by atoms with Crippen molar-refractivity contribution in [3.05, 3.63) is 18.2 Å². The van der Waals surface area contributed by atoms with E-state index in [1.165, 1.54) is 45.3 Å². The minimum atomic E-state index is 0.314. The van der Waals surface area contributed by atoms with E-state index in [9.17, 15) is 0 Å². The molecule has 1 unspecified atom stereocenters. The average Bonchev–Trinajstić information content (AvgIpc) is 3.13. The van der Waals surface area contributed by atoms with Crippen LogP contribution in [0.5, 0.6) is 17.2 Å². The molecule has 0 spiro atoms. The van der Waals surface area contributed by atoms with Crippen molar-refractivity contribution in [2.75, 3.05) is 33.0 Å². The van der Waals surface area contributed by atoms with Crippen molar-refractivity contribution in [1.82, 2.24) is 4.90 Å². The van der Waals surface area contributed by atoms with Crippen molar-refractivity contribution in [2.24, 2.45) is 5.92 Å². The van der Waals surface area contributed by atoms with Gasteiger partial charge in [-0.05, 0) is 38.1 Å². The number of ether oxygens (including phenoxy) is 3. The van der Waals surface area contributed by atoms with Crippen molar-refractivity contribution in [1.29, 1.82) is 0 Å². The van der Waals surface area contributed by atoms with Gasteiger partial charge >= 0.3 is 0 Å². The van der Waals surface area contributed by atoms with Gasteiger partial charge in [-0.15, -0.1) is 0 Å². The molecule has 2 heterocycles. The molecule has 1 atom stereocenters. The van der Waals surface area contributed by atoms with Gasteiger partial charge in [0.15, 0.2) is 11.5 Å². The van der Waals surface area contributed by atoms with Crippen LogP contribution in [0.4, 0.5) is 0 Å². The Morgan fingerprint density at radius 1 is 1.24 bits per heavy atom. The van der Waals surface area contributed by atoms with Crippen LogP contribution in [0.1, 0.15) is 32.6 Å². The number of nitrogens with zero attached hydrogens (tertiary/aromatic N) is 1. The van der Waals surface area contributed by atoms with Gasteiger partial charge in [-0.3, -0.25) is 0 Å². The number of rotatable bonds is 7. The van der Waals surface area contributed by atoms with Gasteiger partial charge in [-0.2, -0.15) is 0 Å². The lowest BCUT2D eigenvalue weighted by molar-refractivity contribution is 0.173. The van der Waals surface area contributed by atoms with Gasteiger partial charge in [0.2, 0.25) is 6.79 Å². The molecule has 4 nitrogen and oxygen atoms in total. The topological polar surface area (TPSA) is 30.9 Å². The summed E-state index contributed by atoms with van der Waals surface area (Å²) in [6.45, 7) is 7.01. The second-order valence-corrected chi connectivity index (χ2v) is 5.99. The molecular weight excluding hydrogens is 266 g/mol. The van der Waals surface area contributed by atoms with Crippen LogP contribution >= 0.6 is 0 Å². The van der Waals surface area contributed by atoms with Crippen molar-refractivity contribution < 1.29 is 14.2 Å². The molecule has 21 heavy (non-hydrogen) atoms. The number of hydrogen-bond acceptors (Lipinski definition) is 4. The van der Waals surface area contributed by atoms with Gasteiger partial charge in [-0.1, -0.05) is 19.8 Å². The van der Waals surface area contributed by atoms with Crippen LogP contribution in [0.25, 0.3) is 0 Å². The summed E-state index contributed by atoms with van der Waals surface area (Å²) in [6.07, 6.45) is 5.21. The lowest BCUT2D eigenvalue weighted by Gasteiger charge is -2.16. The van der Waals surface area contributed by atoms with E-state index in [0.29, 0.717) is 12.7 Å². The fourth-order valence-corrected chi connectivity index (χ4v) is 3.02. The van der Waals surface area contributed by atoms with Crippen LogP contribution in [-0.2, 0) is 0 Å². The minimum absolute atomic E-state index is 0.314. The van der Waals surface area contributed by atoms with E-state index in [1.54, 1.807) is 0 Å². The minimum Gasteiger partial charge on any atom is -0.493 e. The Kier molecular flexibility index (Phi) is 4.86. The van der Waals surface area contributed by atoms with E-state index in [1.807, 2.05) is 18.2 Å². The summed E-state index contributed by atoms with van der Waals surface area (Å²) in [5, 5.41) is 0. The summed E-state index contributed by atoms with van der Waals surface area (Å²) in [5.41, 5.74) is 0. The molecule has 3 rings (SSSR count). The first-order valence-corrected chi connectivity index (χ1v) is 8.10. The largest absolute Gasteiger partial charge is 0.493 e. The zero-order valence-electron chi connectivity index (χ0n) is 12.8. The third kappa shape index (κ3) is 3.82. The summed E-state index contributed by atoms with van der Waals surface area (Å²) in [6, 6.07) is 5.81. The Balaban J connectivity index is 1.41. The highest BCUT2D eigenvalue weighted by atomic mass is 16.7. The highest BCUT2D eigenvalue weighted by molar-refractivity contribution is 5.46. The molecule has 0 saturated carbocycles. The van der Waals surface area contributed by atoms with Gasteiger partial charge in [0.1, 0.15) is 5.75 Å². The highest BCUT2D eigenvalue weighted by Gasteiger charge is 2.22. The molecule has 1 aromatic carbocycles. The molecule has 0 amide bonds. The Hall–Kier alpha value is -1.42. The standard InChI is InChI=1S/C17H25NO3/c1-2-3-4-8-18-9-7-14(11-18)12-19-15-5-6-16-17(10-15)21-13-20-16/h5-6,10,14H,2-4,7-9,11-13H2,1H3. The Bertz CT molecular complexity index is 463. The first kappa shape index (κ1) is 14.5. The maximum Gasteiger partial charge on any atom is 0.231 e. The van der Waals surface area contributed by atoms with Crippen molar-refractivity contribution in [3.8, 4) is 17.2 Å². The lowest BCUT2D eigenvalue weighted by Crippen LogP contribution is -2.23. The lowest BCUT2D eigenvalue weighted by atomic mass is 10.1. The van der Waals surface area contributed by atoms with Gasteiger partial charge < -0.3 is 19.1 Å². The Labute approximate surface area is 127 Å². The highest BCUT2D eigenvalue weighted by Crippen LogP contribution is 2.35. The van der Waals surface area contributed by atoms with Crippen LogP contribution in [0.2, 0.25) is 0 Å². The SMILES string of the molecule is CCCCCN1CCC(COc2ccc3c(c2)OCO3)C1. The monoisotopic (exact) mass is 291 g/mol. The normalized spacial score (nSPS) is 20.9. The third-order valence-electron chi connectivity index (χ3n) is 4.28. The van der Waals surface area contributed by atoms with E-state index in [-0.39, 0.29) is 0 Å². The summed E-state index contributed by atoms with van der Waals surface area (Å²) in [5.74, 6) is 3.13. The van der Waals surface area contributed by atoms with Crippen LogP contribution in [0.15, 0.2) is 18.2 Å². The zero-order chi connectivity index (χ0) is 14.5. The Morgan fingerprint density at radius 3 is 3.05 bits per heavy atom. The summed E-state index contributed by atoms with van der Waals surface area (Å²) >= 11 is 0. The molecule has 2 aliphatic heterocycles. The second-order valence-electron chi connectivity index (χ2n) is 5.99. The quantitative estimate of drug-likeness (QED) is 0.721. The van der Waals surface area contributed by atoms with Crippen molar-refractivity contribution in [2.45, 2.75) is 32.6 Å². The fourth-order valence-electron chi connectivity index (χ4n) is 3.02. The number of fused-ring (bicyclic) bond motifs is 1. The molecule has 2 aliphatic rings.